The maximum Gasteiger partial charge on any atom is 0.272 e. The third-order valence-corrected chi connectivity index (χ3v) is 3.62. The van der Waals surface area contributed by atoms with Crippen molar-refractivity contribution in [2.45, 2.75) is 32.2 Å². The van der Waals surface area contributed by atoms with E-state index in [0.717, 1.165) is 44.7 Å². The van der Waals surface area contributed by atoms with Crippen LogP contribution in [0.5, 0.6) is 0 Å². The van der Waals surface area contributed by atoms with Crippen molar-refractivity contribution < 1.29 is 9.53 Å². The van der Waals surface area contributed by atoms with Gasteiger partial charge in [-0.25, -0.2) is 4.98 Å². The van der Waals surface area contributed by atoms with Crippen molar-refractivity contribution in [1.29, 1.82) is 0 Å². The zero-order valence-corrected chi connectivity index (χ0v) is 12.3. The molecule has 0 saturated carbocycles. The molecule has 0 aliphatic carbocycles. The molecule has 1 saturated heterocycles. The second kappa shape index (κ2) is 7.24. The van der Waals surface area contributed by atoms with E-state index in [1.165, 1.54) is 0 Å². The zero-order valence-electron chi connectivity index (χ0n) is 12.3. The number of amides is 1. The fourth-order valence-corrected chi connectivity index (χ4v) is 2.31. The van der Waals surface area contributed by atoms with Gasteiger partial charge in [-0.3, -0.25) is 4.79 Å². The summed E-state index contributed by atoms with van der Waals surface area (Å²) in [4.78, 5) is 18.4. The first-order chi connectivity index (χ1) is 9.72. The Morgan fingerprint density at radius 3 is 2.80 bits per heavy atom. The Morgan fingerprint density at radius 2 is 2.20 bits per heavy atom. The highest BCUT2D eigenvalue weighted by Gasteiger charge is 2.23. The van der Waals surface area contributed by atoms with Gasteiger partial charge in [0.1, 0.15) is 5.69 Å². The van der Waals surface area contributed by atoms with E-state index in [9.17, 15) is 4.79 Å². The van der Waals surface area contributed by atoms with Gasteiger partial charge in [-0.15, -0.1) is 0 Å². The van der Waals surface area contributed by atoms with Crippen molar-refractivity contribution in [2.24, 2.45) is 0 Å². The maximum absolute atomic E-state index is 12.4. The molecule has 5 nitrogen and oxygen atoms in total. The van der Waals surface area contributed by atoms with Gasteiger partial charge in [-0.05, 0) is 31.4 Å². The van der Waals surface area contributed by atoms with Crippen molar-refractivity contribution in [3.05, 3.63) is 24.0 Å². The van der Waals surface area contributed by atoms with Crippen LogP contribution in [0.3, 0.4) is 0 Å². The predicted octanol–water partition coefficient (Wildman–Crippen LogP) is 2.15. The molecule has 0 atom stereocenters. The normalized spacial score (nSPS) is 15.9. The summed E-state index contributed by atoms with van der Waals surface area (Å²) >= 11 is 0. The van der Waals surface area contributed by atoms with Gasteiger partial charge in [0.2, 0.25) is 0 Å². The molecule has 0 bridgehead atoms. The first-order valence-electron chi connectivity index (χ1n) is 7.27. The van der Waals surface area contributed by atoms with Gasteiger partial charge in [-0.1, -0.05) is 6.92 Å². The van der Waals surface area contributed by atoms with Crippen LogP contribution in [0.4, 0.5) is 5.69 Å². The SMILES string of the molecule is CCCNc1ccc(C(=O)N(C)C2CCOCC2)nc1. The van der Waals surface area contributed by atoms with E-state index in [-0.39, 0.29) is 11.9 Å². The van der Waals surface area contributed by atoms with Gasteiger partial charge in [0.15, 0.2) is 0 Å². The first-order valence-corrected chi connectivity index (χ1v) is 7.27. The Kier molecular flexibility index (Phi) is 5.35. The molecule has 1 N–H and O–H groups in total. The summed E-state index contributed by atoms with van der Waals surface area (Å²) in [6, 6.07) is 3.96. The molecule has 20 heavy (non-hydrogen) atoms. The number of hydrogen-bond acceptors (Lipinski definition) is 4. The molecule has 5 heteroatoms. The number of anilines is 1. The van der Waals surface area contributed by atoms with Crippen LogP contribution in [0.1, 0.15) is 36.7 Å². The standard InChI is InChI=1S/C15H23N3O2/c1-3-8-16-12-4-5-14(17-11-12)15(19)18(2)13-6-9-20-10-7-13/h4-5,11,13,16H,3,6-10H2,1-2H3. The van der Waals surface area contributed by atoms with Crippen LogP contribution in [-0.2, 0) is 4.74 Å². The highest BCUT2D eigenvalue weighted by Crippen LogP contribution is 2.15. The Hall–Kier alpha value is -1.62. The molecule has 1 aromatic rings. The van der Waals surface area contributed by atoms with Crippen molar-refractivity contribution >= 4 is 11.6 Å². The second-order valence-electron chi connectivity index (χ2n) is 5.12. The van der Waals surface area contributed by atoms with Crippen LogP contribution in [0.15, 0.2) is 18.3 Å². The molecule has 1 aliphatic heterocycles. The topological polar surface area (TPSA) is 54.5 Å². The zero-order chi connectivity index (χ0) is 14.4. The summed E-state index contributed by atoms with van der Waals surface area (Å²) in [5.41, 5.74) is 1.46. The third-order valence-electron chi connectivity index (χ3n) is 3.62. The summed E-state index contributed by atoms with van der Waals surface area (Å²) < 4.78 is 5.33. The molecule has 1 fully saturated rings. The molecule has 1 aromatic heterocycles. The third kappa shape index (κ3) is 3.70. The highest BCUT2D eigenvalue weighted by molar-refractivity contribution is 5.92. The number of pyridine rings is 1. The van der Waals surface area contributed by atoms with Gasteiger partial charge in [-0.2, -0.15) is 0 Å². The van der Waals surface area contributed by atoms with Crippen molar-refractivity contribution in [3.8, 4) is 0 Å². The van der Waals surface area contributed by atoms with Crippen molar-refractivity contribution in [2.75, 3.05) is 32.1 Å². The molecular formula is C15H23N3O2. The predicted molar refractivity (Wildman–Crippen MR) is 79.0 cm³/mol. The number of nitrogens with zero attached hydrogens (tertiary/aromatic N) is 2. The molecule has 2 heterocycles. The molecule has 0 aromatic carbocycles. The van der Waals surface area contributed by atoms with E-state index in [0.29, 0.717) is 5.69 Å². The lowest BCUT2D eigenvalue weighted by atomic mass is 10.1. The van der Waals surface area contributed by atoms with Crippen LogP contribution in [0, 0.1) is 0 Å². The molecule has 110 valence electrons. The van der Waals surface area contributed by atoms with Crippen molar-refractivity contribution in [1.82, 2.24) is 9.88 Å². The van der Waals surface area contributed by atoms with E-state index in [1.54, 1.807) is 17.2 Å². The molecule has 0 radical (unpaired) electrons. The molecule has 0 spiro atoms. The number of aromatic nitrogens is 1. The second-order valence-corrected chi connectivity index (χ2v) is 5.12. The highest BCUT2D eigenvalue weighted by atomic mass is 16.5. The lowest BCUT2D eigenvalue weighted by molar-refractivity contribution is 0.0359. The van der Waals surface area contributed by atoms with E-state index in [4.69, 9.17) is 4.74 Å². The van der Waals surface area contributed by atoms with Crippen LogP contribution in [0.2, 0.25) is 0 Å². The number of hydrogen-bond donors (Lipinski definition) is 1. The van der Waals surface area contributed by atoms with Crippen LogP contribution in [-0.4, -0.2) is 48.6 Å². The Morgan fingerprint density at radius 1 is 1.45 bits per heavy atom. The summed E-state index contributed by atoms with van der Waals surface area (Å²) in [6.07, 6.45) is 4.59. The molecule has 1 aliphatic rings. The Bertz CT molecular complexity index is 427. The van der Waals surface area contributed by atoms with Gasteiger partial charge in [0.25, 0.3) is 5.91 Å². The lowest BCUT2D eigenvalue weighted by Crippen LogP contribution is -2.40. The van der Waals surface area contributed by atoms with Gasteiger partial charge < -0.3 is 15.0 Å². The molecular weight excluding hydrogens is 254 g/mol. The minimum absolute atomic E-state index is 0.0149. The number of carbonyl (C=O) groups is 1. The minimum atomic E-state index is -0.0149. The number of carbonyl (C=O) groups excluding carboxylic acids is 1. The van der Waals surface area contributed by atoms with Crippen molar-refractivity contribution in [3.63, 3.8) is 0 Å². The molecule has 1 amide bonds. The van der Waals surface area contributed by atoms with E-state index in [2.05, 4.69) is 17.2 Å². The summed E-state index contributed by atoms with van der Waals surface area (Å²) in [5, 5.41) is 3.25. The Balaban J connectivity index is 1.97. The fourth-order valence-electron chi connectivity index (χ4n) is 2.31. The number of ether oxygens (including phenoxy) is 1. The van der Waals surface area contributed by atoms with E-state index < -0.39 is 0 Å². The molecule has 0 unspecified atom stereocenters. The lowest BCUT2D eigenvalue weighted by Gasteiger charge is -2.31. The van der Waals surface area contributed by atoms with Gasteiger partial charge >= 0.3 is 0 Å². The van der Waals surface area contributed by atoms with Crippen LogP contribution in [0.25, 0.3) is 0 Å². The minimum Gasteiger partial charge on any atom is -0.384 e. The van der Waals surface area contributed by atoms with Gasteiger partial charge in [0, 0.05) is 32.8 Å². The largest absolute Gasteiger partial charge is 0.384 e. The molecule has 2 rings (SSSR count). The summed E-state index contributed by atoms with van der Waals surface area (Å²) in [5.74, 6) is -0.0149. The fraction of sp³-hybridized carbons (Fsp3) is 0.600. The van der Waals surface area contributed by atoms with Gasteiger partial charge in [0.05, 0.1) is 11.9 Å². The maximum atomic E-state index is 12.4. The summed E-state index contributed by atoms with van der Waals surface area (Å²) in [7, 11) is 1.85. The smallest absolute Gasteiger partial charge is 0.272 e. The van der Waals surface area contributed by atoms with E-state index >= 15 is 0 Å². The number of rotatable bonds is 5. The monoisotopic (exact) mass is 277 g/mol. The van der Waals surface area contributed by atoms with Crippen LogP contribution < -0.4 is 5.32 Å². The Labute approximate surface area is 120 Å². The first kappa shape index (κ1) is 14.8. The quantitative estimate of drug-likeness (QED) is 0.896. The number of nitrogens with one attached hydrogen (secondary N) is 1. The average molecular weight is 277 g/mol. The average Bonchev–Trinajstić information content (AvgIpc) is 2.53. The van der Waals surface area contributed by atoms with Crippen LogP contribution >= 0.6 is 0 Å². The summed E-state index contributed by atoms with van der Waals surface area (Å²) in [6.45, 7) is 4.49. The van der Waals surface area contributed by atoms with E-state index in [1.807, 2.05) is 13.1 Å².